The van der Waals surface area contributed by atoms with Gasteiger partial charge < -0.3 is 25.2 Å². The van der Waals surface area contributed by atoms with Gasteiger partial charge in [-0.15, -0.1) is 13.2 Å². The summed E-state index contributed by atoms with van der Waals surface area (Å²) in [5, 5.41) is 5.85. The van der Waals surface area contributed by atoms with Crippen LogP contribution in [0.4, 0.5) is 41.1 Å². The van der Waals surface area contributed by atoms with Crippen LogP contribution in [-0.4, -0.2) is 58.4 Å². The van der Waals surface area contributed by atoms with E-state index in [1.807, 2.05) is 30.0 Å². The van der Waals surface area contributed by atoms with Gasteiger partial charge in [0, 0.05) is 44.1 Å². The number of halogens is 3. The average Bonchev–Trinajstić information content (AvgIpc) is 2.80. The first-order chi connectivity index (χ1) is 16.2. The van der Waals surface area contributed by atoms with Crippen molar-refractivity contribution in [3.05, 3.63) is 60.6 Å². The normalized spacial score (nSPS) is 14.0. The van der Waals surface area contributed by atoms with Crippen molar-refractivity contribution in [1.82, 2.24) is 19.9 Å². The van der Waals surface area contributed by atoms with E-state index in [0.29, 0.717) is 43.5 Å². The Morgan fingerprint density at radius 1 is 0.971 bits per heavy atom. The van der Waals surface area contributed by atoms with Crippen molar-refractivity contribution in [2.24, 2.45) is 0 Å². The van der Waals surface area contributed by atoms with E-state index in [9.17, 15) is 18.0 Å². The number of carbonyl (C=O) groups excluding carboxylic acids is 1. The number of aryl methyl sites for hydroxylation is 1. The third kappa shape index (κ3) is 6.24. The Kier molecular flexibility index (Phi) is 6.66. The molecule has 4 rings (SSSR count). The molecule has 0 aliphatic carbocycles. The molecule has 1 aliphatic rings. The van der Waals surface area contributed by atoms with Crippen molar-refractivity contribution in [3.63, 3.8) is 0 Å². The van der Waals surface area contributed by atoms with Gasteiger partial charge >= 0.3 is 12.4 Å². The zero-order valence-corrected chi connectivity index (χ0v) is 18.2. The third-order valence-electron chi connectivity index (χ3n) is 5.05. The minimum atomic E-state index is -4.76. The summed E-state index contributed by atoms with van der Waals surface area (Å²) in [4.78, 5) is 29.1. The molecule has 2 amide bonds. The number of pyridine rings is 1. The molecule has 0 bridgehead atoms. The molecule has 2 aromatic heterocycles. The van der Waals surface area contributed by atoms with Crippen LogP contribution < -0.4 is 20.3 Å². The lowest BCUT2D eigenvalue weighted by Gasteiger charge is -2.35. The number of carbonyl (C=O) groups is 1. The molecule has 0 spiro atoms. The number of aromatic nitrogens is 3. The standard InChI is InChI=1S/C22H22F3N7O2/c1-15-6-7-26-18(12-15)30-19-13-20(28-14-27-19)31-8-10-32(11-9-31)21(33)29-16-2-4-17(5-3-16)34-22(23,24)25/h2-7,12-14H,8-11H2,1H3,(H,29,33)(H,26,27,28,30). The summed E-state index contributed by atoms with van der Waals surface area (Å²) in [5.74, 6) is 1.67. The van der Waals surface area contributed by atoms with Gasteiger partial charge in [-0.3, -0.25) is 0 Å². The van der Waals surface area contributed by atoms with E-state index in [0.717, 1.165) is 23.5 Å². The van der Waals surface area contributed by atoms with Crippen LogP contribution in [0.1, 0.15) is 5.56 Å². The molecular formula is C22H22F3N7O2. The number of hydrogen-bond acceptors (Lipinski definition) is 7. The van der Waals surface area contributed by atoms with Crippen molar-refractivity contribution >= 4 is 29.2 Å². The summed E-state index contributed by atoms with van der Waals surface area (Å²) in [7, 11) is 0. The van der Waals surface area contributed by atoms with Gasteiger partial charge in [-0.05, 0) is 48.9 Å². The van der Waals surface area contributed by atoms with Crippen LogP contribution in [0.25, 0.3) is 0 Å². The number of amides is 2. The molecule has 0 saturated carbocycles. The molecule has 1 saturated heterocycles. The number of alkyl halides is 3. The minimum absolute atomic E-state index is 0.334. The van der Waals surface area contributed by atoms with Crippen molar-refractivity contribution in [1.29, 1.82) is 0 Å². The lowest BCUT2D eigenvalue weighted by Crippen LogP contribution is -2.50. The van der Waals surface area contributed by atoms with Crippen LogP contribution in [0.2, 0.25) is 0 Å². The van der Waals surface area contributed by atoms with Gasteiger partial charge in [0.1, 0.15) is 29.5 Å². The Morgan fingerprint density at radius 2 is 1.68 bits per heavy atom. The van der Waals surface area contributed by atoms with Crippen molar-refractivity contribution in [2.75, 3.05) is 41.7 Å². The first kappa shape index (κ1) is 23.1. The quantitative estimate of drug-likeness (QED) is 0.574. The van der Waals surface area contributed by atoms with Crippen molar-refractivity contribution < 1.29 is 22.7 Å². The van der Waals surface area contributed by atoms with E-state index in [2.05, 4.69) is 30.3 Å². The second-order valence-corrected chi connectivity index (χ2v) is 7.58. The number of rotatable bonds is 5. The monoisotopic (exact) mass is 473 g/mol. The highest BCUT2D eigenvalue weighted by atomic mass is 19.4. The molecule has 3 heterocycles. The highest BCUT2D eigenvalue weighted by molar-refractivity contribution is 5.89. The minimum Gasteiger partial charge on any atom is -0.406 e. The molecule has 178 valence electrons. The van der Waals surface area contributed by atoms with Gasteiger partial charge in [-0.2, -0.15) is 0 Å². The largest absolute Gasteiger partial charge is 0.573 e. The number of anilines is 4. The fraction of sp³-hybridized carbons (Fsp3) is 0.273. The van der Waals surface area contributed by atoms with Gasteiger partial charge in [-0.1, -0.05) is 0 Å². The smallest absolute Gasteiger partial charge is 0.406 e. The van der Waals surface area contributed by atoms with Gasteiger partial charge in [0.25, 0.3) is 0 Å². The maximum Gasteiger partial charge on any atom is 0.573 e. The zero-order valence-electron chi connectivity index (χ0n) is 18.2. The Bertz CT molecular complexity index is 1130. The first-order valence-corrected chi connectivity index (χ1v) is 10.4. The summed E-state index contributed by atoms with van der Waals surface area (Å²) in [5.41, 5.74) is 1.45. The van der Waals surface area contributed by atoms with Crippen LogP contribution >= 0.6 is 0 Å². The van der Waals surface area contributed by atoms with Crippen LogP contribution in [0.15, 0.2) is 55.0 Å². The highest BCUT2D eigenvalue weighted by Crippen LogP contribution is 2.24. The van der Waals surface area contributed by atoms with Crippen molar-refractivity contribution in [2.45, 2.75) is 13.3 Å². The number of nitrogens with zero attached hydrogens (tertiary/aromatic N) is 5. The average molecular weight is 473 g/mol. The summed E-state index contributed by atoms with van der Waals surface area (Å²) < 4.78 is 40.6. The fourth-order valence-corrected chi connectivity index (χ4v) is 3.41. The number of piperazine rings is 1. The second kappa shape index (κ2) is 9.81. The van der Waals surface area contributed by atoms with Crippen molar-refractivity contribution in [3.8, 4) is 5.75 Å². The summed E-state index contributed by atoms with van der Waals surface area (Å²) >= 11 is 0. The van der Waals surface area contributed by atoms with Gasteiger partial charge in [-0.25, -0.2) is 19.7 Å². The molecule has 0 atom stereocenters. The van der Waals surface area contributed by atoms with E-state index in [4.69, 9.17) is 0 Å². The predicted molar refractivity (Wildman–Crippen MR) is 120 cm³/mol. The zero-order chi connectivity index (χ0) is 24.1. The number of urea groups is 1. The lowest BCUT2D eigenvalue weighted by molar-refractivity contribution is -0.274. The van der Waals surface area contributed by atoms with Gasteiger partial charge in [0.15, 0.2) is 0 Å². The van der Waals surface area contributed by atoms with Crippen LogP contribution in [0, 0.1) is 6.92 Å². The lowest BCUT2D eigenvalue weighted by atomic mass is 10.3. The van der Waals surface area contributed by atoms with E-state index in [-0.39, 0.29) is 11.8 Å². The molecule has 1 aromatic carbocycles. The second-order valence-electron chi connectivity index (χ2n) is 7.58. The Hall–Kier alpha value is -4.09. The predicted octanol–water partition coefficient (Wildman–Crippen LogP) is 4.18. The Morgan fingerprint density at radius 3 is 2.35 bits per heavy atom. The Labute approximate surface area is 193 Å². The van der Waals surface area contributed by atoms with E-state index in [1.54, 1.807) is 11.1 Å². The molecular weight excluding hydrogens is 451 g/mol. The highest BCUT2D eigenvalue weighted by Gasteiger charge is 2.31. The third-order valence-corrected chi connectivity index (χ3v) is 5.05. The van der Waals surface area contributed by atoms with Crippen LogP contribution in [0.3, 0.4) is 0 Å². The SMILES string of the molecule is Cc1ccnc(Nc2cc(N3CCN(C(=O)Nc4ccc(OC(F)(F)F)cc4)CC3)ncn2)c1. The first-order valence-electron chi connectivity index (χ1n) is 10.4. The molecule has 1 fully saturated rings. The van der Waals surface area contributed by atoms with Gasteiger partial charge in [0.2, 0.25) is 0 Å². The van der Waals surface area contributed by atoms with Gasteiger partial charge in [0.05, 0.1) is 0 Å². The Balaban J connectivity index is 1.30. The molecule has 2 N–H and O–H groups in total. The molecule has 34 heavy (non-hydrogen) atoms. The number of nitrogens with one attached hydrogen (secondary N) is 2. The maximum absolute atomic E-state index is 12.6. The molecule has 9 nitrogen and oxygen atoms in total. The topological polar surface area (TPSA) is 95.5 Å². The number of hydrogen-bond donors (Lipinski definition) is 2. The summed E-state index contributed by atoms with van der Waals surface area (Å²) in [6.45, 7) is 4.00. The van der Waals surface area contributed by atoms with Crippen LogP contribution in [-0.2, 0) is 0 Å². The van der Waals surface area contributed by atoms with E-state index >= 15 is 0 Å². The molecule has 12 heteroatoms. The number of ether oxygens (including phenoxy) is 1. The molecule has 0 radical (unpaired) electrons. The fourth-order valence-electron chi connectivity index (χ4n) is 3.41. The van der Waals surface area contributed by atoms with Crippen LogP contribution in [0.5, 0.6) is 5.75 Å². The summed E-state index contributed by atoms with van der Waals surface area (Å²) in [6, 6.07) is 10.3. The maximum atomic E-state index is 12.6. The number of benzene rings is 1. The van der Waals surface area contributed by atoms with E-state index in [1.165, 1.54) is 18.5 Å². The molecule has 0 unspecified atom stereocenters. The molecule has 3 aromatic rings. The van der Waals surface area contributed by atoms with E-state index < -0.39 is 6.36 Å². The molecule has 1 aliphatic heterocycles. The summed E-state index contributed by atoms with van der Waals surface area (Å²) in [6.07, 6.45) is -1.57.